The Hall–Kier alpha value is -2.35. The standard InChI is InChI=1S/C14H8F3N3OS/c1-6(15)13-19-20-5-10(18-14(20)22-13)12-3-7-2-8(16)9(17)4-11(7)21-12/h2-6H,1H3. The first-order valence-electron chi connectivity index (χ1n) is 6.40. The van der Waals surface area contributed by atoms with Gasteiger partial charge in [-0.2, -0.15) is 5.10 Å². The molecule has 3 heterocycles. The number of hydrogen-bond donors (Lipinski definition) is 0. The molecule has 0 radical (unpaired) electrons. The third-order valence-electron chi connectivity index (χ3n) is 3.21. The van der Waals surface area contributed by atoms with E-state index in [1.54, 1.807) is 12.3 Å². The molecule has 8 heteroatoms. The summed E-state index contributed by atoms with van der Waals surface area (Å²) < 4.78 is 46.6. The first kappa shape index (κ1) is 13.3. The number of hydrogen-bond acceptors (Lipinski definition) is 4. The SMILES string of the molecule is CC(F)c1nn2cc(-c3cc4cc(F)c(F)cc4o3)nc2s1. The van der Waals surface area contributed by atoms with Crippen LogP contribution in [0.1, 0.15) is 18.1 Å². The second kappa shape index (κ2) is 4.57. The molecule has 0 fully saturated rings. The number of fused-ring (bicyclic) bond motifs is 2. The summed E-state index contributed by atoms with van der Waals surface area (Å²) in [6.07, 6.45) is 0.426. The minimum absolute atomic E-state index is 0.233. The topological polar surface area (TPSA) is 43.3 Å². The van der Waals surface area contributed by atoms with Crippen LogP contribution in [0.5, 0.6) is 0 Å². The van der Waals surface area contributed by atoms with Crippen molar-refractivity contribution in [2.24, 2.45) is 0 Å². The Labute approximate surface area is 125 Å². The smallest absolute Gasteiger partial charge is 0.212 e. The highest BCUT2D eigenvalue weighted by Gasteiger charge is 2.16. The molecule has 3 aromatic heterocycles. The zero-order chi connectivity index (χ0) is 15.4. The number of aromatic nitrogens is 3. The molecule has 0 saturated heterocycles. The van der Waals surface area contributed by atoms with E-state index >= 15 is 0 Å². The Morgan fingerprint density at radius 3 is 2.73 bits per heavy atom. The molecule has 4 rings (SSSR count). The van der Waals surface area contributed by atoms with Crippen LogP contribution in [0.25, 0.3) is 27.4 Å². The van der Waals surface area contributed by atoms with Gasteiger partial charge in [-0.1, -0.05) is 11.3 Å². The summed E-state index contributed by atoms with van der Waals surface area (Å²) in [7, 11) is 0. The monoisotopic (exact) mass is 323 g/mol. The van der Waals surface area contributed by atoms with Gasteiger partial charge in [-0.25, -0.2) is 22.7 Å². The number of furan rings is 1. The van der Waals surface area contributed by atoms with Gasteiger partial charge in [-0.15, -0.1) is 0 Å². The molecule has 4 nitrogen and oxygen atoms in total. The van der Waals surface area contributed by atoms with Crippen molar-refractivity contribution < 1.29 is 17.6 Å². The summed E-state index contributed by atoms with van der Waals surface area (Å²) in [5.74, 6) is -1.54. The third-order valence-corrected chi connectivity index (χ3v) is 4.29. The summed E-state index contributed by atoms with van der Waals surface area (Å²) >= 11 is 1.14. The third kappa shape index (κ3) is 1.98. The van der Waals surface area contributed by atoms with Crippen molar-refractivity contribution in [3.05, 3.63) is 41.0 Å². The summed E-state index contributed by atoms with van der Waals surface area (Å²) in [5, 5.41) is 4.85. The van der Waals surface area contributed by atoms with Gasteiger partial charge in [0.05, 0.1) is 6.20 Å². The highest BCUT2D eigenvalue weighted by molar-refractivity contribution is 7.16. The average Bonchev–Trinajstić information content (AvgIpc) is 3.10. The molecule has 1 atom stereocenters. The van der Waals surface area contributed by atoms with Gasteiger partial charge >= 0.3 is 0 Å². The zero-order valence-electron chi connectivity index (χ0n) is 11.2. The molecule has 112 valence electrons. The Balaban J connectivity index is 1.82. The van der Waals surface area contributed by atoms with Crippen molar-refractivity contribution in [2.75, 3.05) is 0 Å². The fourth-order valence-electron chi connectivity index (χ4n) is 2.16. The fourth-order valence-corrected chi connectivity index (χ4v) is 2.96. The van der Waals surface area contributed by atoms with Crippen LogP contribution in [-0.4, -0.2) is 14.6 Å². The molecule has 0 aliphatic carbocycles. The van der Waals surface area contributed by atoms with Gasteiger partial charge in [0, 0.05) is 11.5 Å². The zero-order valence-corrected chi connectivity index (χ0v) is 12.0. The lowest BCUT2D eigenvalue weighted by Crippen LogP contribution is -1.86. The maximum Gasteiger partial charge on any atom is 0.212 e. The summed E-state index contributed by atoms with van der Waals surface area (Å²) in [4.78, 5) is 4.82. The minimum Gasteiger partial charge on any atom is -0.454 e. The molecule has 1 unspecified atom stereocenters. The summed E-state index contributed by atoms with van der Waals surface area (Å²) in [5.41, 5.74) is 0.699. The van der Waals surface area contributed by atoms with Crippen LogP contribution in [0.2, 0.25) is 0 Å². The number of nitrogens with zero attached hydrogens (tertiary/aromatic N) is 3. The van der Waals surface area contributed by atoms with Gasteiger partial charge < -0.3 is 4.42 Å². The number of benzene rings is 1. The van der Waals surface area contributed by atoms with E-state index in [0.717, 1.165) is 23.5 Å². The van der Waals surface area contributed by atoms with E-state index in [0.29, 0.717) is 26.8 Å². The van der Waals surface area contributed by atoms with Crippen LogP contribution in [-0.2, 0) is 0 Å². The number of imidazole rings is 1. The van der Waals surface area contributed by atoms with E-state index in [1.165, 1.54) is 11.4 Å². The molecule has 4 aromatic rings. The lowest BCUT2D eigenvalue weighted by molar-refractivity contribution is 0.370. The summed E-state index contributed by atoms with van der Waals surface area (Å²) in [6, 6.07) is 3.63. The quantitative estimate of drug-likeness (QED) is 0.545. The van der Waals surface area contributed by atoms with Crippen molar-refractivity contribution in [3.8, 4) is 11.5 Å². The van der Waals surface area contributed by atoms with Crippen LogP contribution in [0, 0.1) is 11.6 Å². The number of rotatable bonds is 2. The van der Waals surface area contributed by atoms with Crippen molar-refractivity contribution in [1.82, 2.24) is 14.6 Å². The average molecular weight is 323 g/mol. The molecule has 22 heavy (non-hydrogen) atoms. The van der Waals surface area contributed by atoms with Crippen LogP contribution in [0.3, 0.4) is 0 Å². The van der Waals surface area contributed by atoms with E-state index in [2.05, 4.69) is 10.1 Å². The lowest BCUT2D eigenvalue weighted by atomic mass is 10.2. The molecular weight excluding hydrogens is 315 g/mol. The maximum absolute atomic E-state index is 13.2. The number of alkyl halides is 1. The fraction of sp³-hybridized carbons (Fsp3) is 0.143. The van der Waals surface area contributed by atoms with E-state index < -0.39 is 17.8 Å². The van der Waals surface area contributed by atoms with Crippen molar-refractivity contribution in [1.29, 1.82) is 0 Å². The first-order valence-corrected chi connectivity index (χ1v) is 7.22. The number of halogens is 3. The van der Waals surface area contributed by atoms with E-state index in [4.69, 9.17) is 4.42 Å². The predicted molar refractivity (Wildman–Crippen MR) is 75.5 cm³/mol. The molecule has 0 aliphatic rings. The van der Waals surface area contributed by atoms with E-state index in [1.807, 2.05) is 0 Å². The normalized spacial score (nSPS) is 13.3. The first-order chi connectivity index (χ1) is 10.5. The van der Waals surface area contributed by atoms with Crippen molar-refractivity contribution in [2.45, 2.75) is 13.1 Å². The maximum atomic E-state index is 13.2. The Kier molecular flexibility index (Phi) is 2.77. The largest absolute Gasteiger partial charge is 0.454 e. The van der Waals surface area contributed by atoms with Gasteiger partial charge in [0.1, 0.15) is 11.3 Å². The molecule has 0 N–H and O–H groups in total. The molecule has 0 bridgehead atoms. The minimum atomic E-state index is -1.16. The molecule has 0 aliphatic heterocycles. The van der Waals surface area contributed by atoms with Gasteiger partial charge in [0.25, 0.3) is 0 Å². The Bertz CT molecular complexity index is 931. The molecule has 0 spiro atoms. The van der Waals surface area contributed by atoms with Crippen LogP contribution in [0.15, 0.2) is 28.8 Å². The predicted octanol–water partition coefficient (Wildman–Crippen LogP) is 4.51. The van der Waals surface area contributed by atoms with Crippen molar-refractivity contribution >= 4 is 27.3 Å². The van der Waals surface area contributed by atoms with Crippen LogP contribution >= 0.6 is 11.3 Å². The van der Waals surface area contributed by atoms with Crippen LogP contribution < -0.4 is 0 Å². The highest BCUT2D eigenvalue weighted by Crippen LogP contribution is 2.30. The molecule has 0 saturated carbocycles. The van der Waals surface area contributed by atoms with Gasteiger partial charge in [0.2, 0.25) is 4.96 Å². The highest BCUT2D eigenvalue weighted by atomic mass is 32.1. The molecule has 0 amide bonds. The van der Waals surface area contributed by atoms with Gasteiger partial charge in [-0.05, 0) is 19.1 Å². The van der Waals surface area contributed by atoms with Gasteiger partial charge in [-0.3, -0.25) is 0 Å². The van der Waals surface area contributed by atoms with Crippen LogP contribution in [0.4, 0.5) is 13.2 Å². The molecule has 1 aromatic carbocycles. The lowest BCUT2D eigenvalue weighted by Gasteiger charge is -1.91. The van der Waals surface area contributed by atoms with E-state index in [-0.39, 0.29) is 5.58 Å². The molecular formula is C14H8F3N3OS. The Morgan fingerprint density at radius 2 is 2.00 bits per heavy atom. The second-order valence-corrected chi connectivity index (χ2v) is 5.81. The Morgan fingerprint density at radius 1 is 1.23 bits per heavy atom. The second-order valence-electron chi connectivity index (χ2n) is 4.82. The van der Waals surface area contributed by atoms with Gasteiger partial charge in [0.15, 0.2) is 28.6 Å². The van der Waals surface area contributed by atoms with Crippen molar-refractivity contribution in [3.63, 3.8) is 0 Å². The van der Waals surface area contributed by atoms with E-state index in [9.17, 15) is 13.2 Å². The summed E-state index contributed by atoms with van der Waals surface area (Å²) in [6.45, 7) is 1.40.